The summed E-state index contributed by atoms with van der Waals surface area (Å²) in [6, 6.07) is 8.89. The second kappa shape index (κ2) is 5.02. The molecule has 1 aromatic rings. The smallest absolute Gasteiger partial charge is 0.133 e. The maximum Gasteiger partial charge on any atom is 0.133 e. The maximum absolute atomic E-state index is 8.45. The number of hydrogen-bond acceptors (Lipinski definition) is 3. The molecule has 2 nitrogen and oxygen atoms in total. The fourth-order valence-corrected chi connectivity index (χ4v) is 2.55. The van der Waals surface area contributed by atoms with Crippen LogP contribution >= 0.6 is 27.7 Å². The lowest BCUT2D eigenvalue weighted by Crippen LogP contribution is -2.04. The molecule has 1 fully saturated rings. The first-order valence-electron chi connectivity index (χ1n) is 4.79. The molecule has 2 atom stereocenters. The van der Waals surface area contributed by atoms with Gasteiger partial charge in [0.05, 0.1) is 0 Å². The molecule has 1 heterocycles. The van der Waals surface area contributed by atoms with E-state index in [0.717, 1.165) is 18.8 Å². The molecule has 1 saturated heterocycles. The van der Waals surface area contributed by atoms with Crippen molar-refractivity contribution in [2.45, 2.75) is 12.6 Å². The van der Waals surface area contributed by atoms with Gasteiger partial charge in [0.1, 0.15) is 5.40 Å². The topological polar surface area (TPSA) is 26.8 Å². The average molecular weight is 283 g/mol. The molecule has 78 valence electrons. The van der Waals surface area contributed by atoms with E-state index in [2.05, 4.69) is 44.4 Å². The van der Waals surface area contributed by atoms with Crippen molar-refractivity contribution in [3.63, 3.8) is 0 Å². The third-order valence-corrected chi connectivity index (χ3v) is 3.95. The van der Waals surface area contributed by atoms with Gasteiger partial charge in [-0.1, -0.05) is 34.1 Å². The van der Waals surface area contributed by atoms with E-state index in [1.165, 1.54) is 21.8 Å². The average Bonchev–Trinajstić information content (AvgIpc) is 2.97. The van der Waals surface area contributed by atoms with Crippen LogP contribution in [0.15, 0.2) is 28.7 Å². The number of benzene rings is 1. The van der Waals surface area contributed by atoms with Crippen LogP contribution < -0.4 is 0 Å². The van der Waals surface area contributed by atoms with E-state index in [4.69, 9.17) is 5.26 Å². The SMILES string of the molecule is N#CSCC1CN1Cc1ccccc1Br. The summed E-state index contributed by atoms with van der Waals surface area (Å²) in [5.74, 6) is 0.932. The van der Waals surface area contributed by atoms with E-state index >= 15 is 0 Å². The van der Waals surface area contributed by atoms with Gasteiger partial charge in [0, 0.05) is 29.4 Å². The van der Waals surface area contributed by atoms with Crippen molar-refractivity contribution in [3.8, 4) is 5.40 Å². The van der Waals surface area contributed by atoms with E-state index in [-0.39, 0.29) is 0 Å². The number of nitrogens with zero attached hydrogens (tertiary/aromatic N) is 2. The minimum absolute atomic E-state index is 0.599. The molecule has 1 aliphatic rings. The molecule has 1 aromatic carbocycles. The summed E-state index contributed by atoms with van der Waals surface area (Å²) < 4.78 is 1.17. The Hall–Kier alpha value is -0.500. The van der Waals surface area contributed by atoms with Gasteiger partial charge in [-0.2, -0.15) is 5.26 Å². The molecule has 0 saturated carbocycles. The Morgan fingerprint density at radius 2 is 2.33 bits per heavy atom. The standard InChI is InChI=1S/C11H11BrN2S/c12-11-4-2-1-3-9(11)5-14-6-10(14)7-15-8-13/h1-4,10H,5-7H2. The van der Waals surface area contributed by atoms with Gasteiger partial charge in [0.25, 0.3) is 0 Å². The van der Waals surface area contributed by atoms with Crippen molar-refractivity contribution in [2.75, 3.05) is 12.3 Å². The van der Waals surface area contributed by atoms with Gasteiger partial charge in [-0.25, -0.2) is 0 Å². The lowest BCUT2D eigenvalue weighted by Gasteiger charge is -2.05. The molecule has 0 N–H and O–H groups in total. The predicted molar refractivity (Wildman–Crippen MR) is 66.4 cm³/mol. The number of rotatable bonds is 4. The van der Waals surface area contributed by atoms with Gasteiger partial charge in [-0.3, -0.25) is 4.90 Å². The van der Waals surface area contributed by atoms with E-state index < -0.39 is 0 Å². The largest absolute Gasteiger partial charge is 0.292 e. The molecule has 1 aliphatic heterocycles. The molecule has 15 heavy (non-hydrogen) atoms. The van der Waals surface area contributed by atoms with Gasteiger partial charge in [-0.15, -0.1) is 0 Å². The zero-order chi connectivity index (χ0) is 10.7. The van der Waals surface area contributed by atoms with E-state index in [1.54, 1.807) is 0 Å². The molecule has 0 aromatic heterocycles. The van der Waals surface area contributed by atoms with Gasteiger partial charge in [0.2, 0.25) is 0 Å². The molecule has 4 heteroatoms. The van der Waals surface area contributed by atoms with Crippen LogP contribution in [0.25, 0.3) is 0 Å². The van der Waals surface area contributed by atoms with Crippen LogP contribution in [0.5, 0.6) is 0 Å². The molecule has 2 unspecified atom stereocenters. The number of hydrogen-bond donors (Lipinski definition) is 0. The molecule has 0 bridgehead atoms. The zero-order valence-corrected chi connectivity index (χ0v) is 10.6. The van der Waals surface area contributed by atoms with Crippen molar-refractivity contribution in [2.24, 2.45) is 0 Å². The predicted octanol–water partition coefficient (Wildman–Crippen LogP) is 2.85. The summed E-state index contributed by atoms with van der Waals surface area (Å²) in [6.07, 6.45) is 0. The van der Waals surface area contributed by atoms with Crippen molar-refractivity contribution in [1.29, 1.82) is 5.26 Å². The zero-order valence-electron chi connectivity index (χ0n) is 8.19. The van der Waals surface area contributed by atoms with Crippen LogP contribution in [0.3, 0.4) is 0 Å². The number of nitriles is 1. The second-order valence-corrected chi connectivity index (χ2v) is 5.24. The number of thioether (sulfide) groups is 1. The highest BCUT2D eigenvalue weighted by Crippen LogP contribution is 2.27. The second-order valence-electron chi connectivity index (χ2n) is 3.58. The van der Waals surface area contributed by atoms with Gasteiger partial charge < -0.3 is 0 Å². The molecular weight excluding hydrogens is 272 g/mol. The summed E-state index contributed by atoms with van der Waals surface area (Å²) in [7, 11) is 0. The fourth-order valence-electron chi connectivity index (χ4n) is 1.55. The Balaban J connectivity index is 1.85. The van der Waals surface area contributed by atoms with Crippen molar-refractivity contribution >= 4 is 27.7 Å². The first-order valence-corrected chi connectivity index (χ1v) is 6.57. The van der Waals surface area contributed by atoms with Crippen LogP contribution in [-0.2, 0) is 6.54 Å². The van der Waals surface area contributed by atoms with Crippen molar-refractivity contribution in [1.82, 2.24) is 4.90 Å². The molecule has 0 aliphatic carbocycles. The highest BCUT2D eigenvalue weighted by atomic mass is 79.9. The third kappa shape index (κ3) is 2.97. The maximum atomic E-state index is 8.45. The highest BCUT2D eigenvalue weighted by molar-refractivity contribution is 9.10. The molecular formula is C11H11BrN2S. The van der Waals surface area contributed by atoms with Crippen LogP contribution in [0.2, 0.25) is 0 Å². The summed E-state index contributed by atoms with van der Waals surface area (Å²) in [5.41, 5.74) is 1.32. The number of halogens is 1. The quantitative estimate of drug-likeness (QED) is 0.628. The number of thiocyanates is 1. The minimum Gasteiger partial charge on any atom is -0.292 e. The Labute approximate surface area is 102 Å². The Morgan fingerprint density at radius 3 is 3.07 bits per heavy atom. The molecule has 0 radical (unpaired) electrons. The first kappa shape index (κ1) is 11.0. The van der Waals surface area contributed by atoms with E-state index in [9.17, 15) is 0 Å². The summed E-state index contributed by atoms with van der Waals surface area (Å²) in [6.45, 7) is 2.11. The summed E-state index contributed by atoms with van der Waals surface area (Å²) >= 11 is 4.89. The lowest BCUT2D eigenvalue weighted by molar-refractivity contribution is 0.516. The van der Waals surface area contributed by atoms with E-state index in [1.807, 2.05) is 6.07 Å². The van der Waals surface area contributed by atoms with Crippen LogP contribution in [-0.4, -0.2) is 23.2 Å². The molecule has 0 amide bonds. The van der Waals surface area contributed by atoms with E-state index in [0.29, 0.717) is 6.04 Å². The molecule has 2 rings (SSSR count). The van der Waals surface area contributed by atoms with Gasteiger partial charge in [0.15, 0.2) is 0 Å². The Morgan fingerprint density at radius 1 is 1.53 bits per heavy atom. The molecule has 0 spiro atoms. The normalized spacial score (nSPS) is 23.5. The van der Waals surface area contributed by atoms with Crippen LogP contribution in [0.1, 0.15) is 5.56 Å². The van der Waals surface area contributed by atoms with Gasteiger partial charge in [-0.05, 0) is 23.4 Å². The van der Waals surface area contributed by atoms with Crippen LogP contribution in [0, 0.1) is 10.7 Å². The highest BCUT2D eigenvalue weighted by Gasteiger charge is 2.33. The monoisotopic (exact) mass is 282 g/mol. The van der Waals surface area contributed by atoms with Crippen molar-refractivity contribution in [3.05, 3.63) is 34.3 Å². The fraction of sp³-hybridized carbons (Fsp3) is 0.364. The van der Waals surface area contributed by atoms with Gasteiger partial charge >= 0.3 is 0 Å². The summed E-state index contributed by atoms with van der Waals surface area (Å²) in [5, 5.41) is 10.6. The third-order valence-electron chi connectivity index (χ3n) is 2.50. The van der Waals surface area contributed by atoms with Crippen LogP contribution in [0.4, 0.5) is 0 Å². The van der Waals surface area contributed by atoms with Crippen molar-refractivity contribution < 1.29 is 0 Å². The summed E-state index contributed by atoms with van der Waals surface area (Å²) in [4.78, 5) is 2.38. The Kier molecular flexibility index (Phi) is 3.68. The minimum atomic E-state index is 0.599. The lowest BCUT2D eigenvalue weighted by atomic mass is 10.2. The Bertz CT molecular complexity index is 388. The first-order chi connectivity index (χ1) is 7.31.